The molecule has 0 spiro atoms. The van der Waals surface area contributed by atoms with Crippen LogP contribution >= 0.6 is 0 Å². The standard InChI is InChI=1S/C13H15F4NO/c1-18-9-4-5-19-12(7-9)8-2-3-11(14)10(6-8)13(15,16)17/h2-3,6,9,12,18H,4-5,7H2,1H3. The number of ether oxygens (including phenoxy) is 1. The summed E-state index contributed by atoms with van der Waals surface area (Å²) >= 11 is 0. The fraction of sp³-hybridized carbons (Fsp3) is 0.538. The number of rotatable bonds is 2. The van der Waals surface area contributed by atoms with Crippen molar-refractivity contribution in [3.8, 4) is 0 Å². The number of hydrogen-bond donors (Lipinski definition) is 1. The number of hydrogen-bond acceptors (Lipinski definition) is 2. The van der Waals surface area contributed by atoms with Crippen molar-refractivity contribution >= 4 is 0 Å². The summed E-state index contributed by atoms with van der Waals surface area (Å²) in [4.78, 5) is 0. The molecule has 2 unspecified atom stereocenters. The van der Waals surface area contributed by atoms with E-state index < -0.39 is 23.7 Å². The van der Waals surface area contributed by atoms with E-state index in [0.717, 1.165) is 18.6 Å². The first kappa shape index (κ1) is 14.3. The SMILES string of the molecule is CNC1CCOC(c2ccc(F)c(C(F)(F)F)c2)C1. The molecule has 0 radical (unpaired) electrons. The third kappa shape index (κ3) is 3.25. The zero-order valence-electron chi connectivity index (χ0n) is 10.4. The molecule has 2 nitrogen and oxygen atoms in total. The summed E-state index contributed by atoms with van der Waals surface area (Å²) in [6.07, 6.45) is -3.70. The van der Waals surface area contributed by atoms with Crippen LogP contribution in [0.5, 0.6) is 0 Å². The molecular weight excluding hydrogens is 262 g/mol. The van der Waals surface area contributed by atoms with Crippen LogP contribution in [0.4, 0.5) is 17.6 Å². The van der Waals surface area contributed by atoms with Crippen LogP contribution in [0.15, 0.2) is 18.2 Å². The lowest BCUT2D eigenvalue weighted by atomic mass is 9.96. The van der Waals surface area contributed by atoms with Crippen LogP contribution in [0.2, 0.25) is 0 Å². The minimum Gasteiger partial charge on any atom is -0.373 e. The van der Waals surface area contributed by atoms with Crippen molar-refractivity contribution in [2.24, 2.45) is 0 Å². The van der Waals surface area contributed by atoms with Crippen LogP contribution in [-0.4, -0.2) is 19.7 Å². The zero-order valence-corrected chi connectivity index (χ0v) is 10.4. The van der Waals surface area contributed by atoms with Crippen LogP contribution in [0.3, 0.4) is 0 Å². The molecule has 0 saturated carbocycles. The summed E-state index contributed by atoms with van der Waals surface area (Å²) < 4.78 is 56.6. The zero-order chi connectivity index (χ0) is 14.0. The van der Waals surface area contributed by atoms with Gasteiger partial charge in [0.25, 0.3) is 0 Å². The molecule has 1 saturated heterocycles. The van der Waals surface area contributed by atoms with Gasteiger partial charge in [-0.3, -0.25) is 0 Å². The summed E-state index contributed by atoms with van der Waals surface area (Å²) in [5.74, 6) is -1.25. The first-order chi connectivity index (χ1) is 8.91. The van der Waals surface area contributed by atoms with E-state index in [4.69, 9.17) is 4.74 Å². The summed E-state index contributed by atoms with van der Waals surface area (Å²) in [7, 11) is 1.80. The molecule has 0 aromatic heterocycles. The van der Waals surface area contributed by atoms with Gasteiger partial charge in [0, 0.05) is 12.6 Å². The van der Waals surface area contributed by atoms with Gasteiger partial charge in [-0.1, -0.05) is 6.07 Å². The predicted molar refractivity (Wildman–Crippen MR) is 62.2 cm³/mol. The van der Waals surface area contributed by atoms with Crippen molar-refractivity contribution in [3.05, 3.63) is 35.1 Å². The molecule has 1 fully saturated rings. The number of nitrogens with one attached hydrogen (secondary N) is 1. The van der Waals surface area contributed by atoms with E-state index in [2.05, 4.69) is 5.32 Å². The molecule has 6 heteroatoms. The highest BCUT2D eigenvalue weighted by atomic mass is 19.4. The van der Waals surface area contributed by atoms with Crippen LogP contribution in [-0.2, 0) is 10.9 Å². The summed E-state index contributed by atoms with van der Waals surface area (Å²) in [6.45, 7) is 0.481. The van der Waals surface area contributed by atoms with Gasteiger partial charge in [0.15, 0.2) is 0 Å². The monoisotopic (exact) mass is 277 g/mol. The van der Waals surface area contributed by atoms with Crippen molar-refractivity contribution in [2.45, 2.75) is 31.2 Å². The summed E-state index contributed by atoms with van der Waals surface area (Å²) in [5.41, 5.74) is -0.867. The molecule has 1 aliphatic heterocycles. The molecule has 1 heterocycles. The van der Waals surface area contributed by atoms with E-state index in [0.29, 0.717) is 18.6 Å². The van der Waals surface area contributed by atoms with Gasteiger partial charge in [-0.25, -0.2) is 4.39 Å². The van der Waals surface area contributed by atoms with Gasteiger partial charge in [0.2, 0.25) is 0 Å². The second-order valence-corrected chi connectivity index (χ2v) is 4.61. The Kier molecular flexibility index (Phi) is 4.10. The lowest BCUT2D eigenvalue weighted by Gasteiger charge is -2.30. The Morgan fingerprint density at radius 1 is 1.32 bits per heavy atom. The summed E-state index contributed by atoms with van der Waals surface area (Å²) in [5, 5.41) is 3.08. The van der Waals surface area contributed by atoms with Crippen LogP contribution in [0.25, 0.3) is 0 Å². The molecule has 1 aromatic carbocycles. The Morgan fingerprint density at radius 2 is 2.05 bits per heavy atom. The van der Waals surface area contributed by atoms with Crippen molar-refractivity contribution in [1.29, 1.82) is 0 Å². The van der Waals surface area contributed by atoms with Crippen LogP contribution in [0.1, 0.15) is 30.1 Å². The Hall–Kier alpha value is -1.14. The largest absolute Gasteiger partial charge is 0.419 e. The lowest BCUT2D eigenvalue weighted by Crippen LogP contribution is -2.33. The summed E-state index contributed by atoms with van der Waals surface area (Å²) in [6, 6.07) is 3.26. The predicted octanol–water partition coefficient (Wildman–Crippen LogP) is 3.28. The number of alkyl halides is 3. The van der Waals surface area contributed by atoms with E-state index in [9.17, 15) is 17.6 Å². The van der Waals surface area contributed by atoms with E-state index in [-0.39, 0.29) is 6.04 Å². The maximum atomic E-state index is 13.2. The van der Waals surface area contributed by atoms with Gasteiger partial charge in [0.1, 0.15) is 5.82 Å². The normalized spacial score (nSPS) is 24.5. The Morgan fingerprint density at radius 3 is 2.68 bits per heavy atom. The molecule has 1 aromatic rings. The quantitative estimate of drug-likeness (QED) is 0.838. The highest BCUT2D eigenvalue weighted by molar-refractivity contribution is 5.29. The van der Waals surface area contributed by atoms with Gasteiger partial charge in [-0.15, -0.1) is 0 Å². The molecule has 1 aliphatic rings. The van der Waals surface area contributed by atoms with E-state index in [1.54, 1.807) is 7.05 Å². The highest BCUT2D eigenvalue weighted by Crippen LogP contribution is 2.35. The minimum atomic E-state index is -4.68. The van der Waals surface area contributed by atoms with Crippen molar-refractivity contribution < 1.29 is 22.3 Å². The molecule has 0 bridgehead atoms. The second kappa shape index (κ2) is 5.46. The van der Waals surface area contributed by atoms with Crippen molar-refractivity contribution in [2.75, 3.05) is 13.7 Å². The molecule has 0 amide bonds. The van der Waals surface area contributed by atoms with Gasteiger partial charge >= 0.3 is 6.18 Å². The van der Waals surface area contributed by atoms with Crippen LogP contribution < -0.4 is 5.32 Å². The molecule has 0 aliphatic carbocycles. The third-order valence-corrected chi connectivity index (χ3v) is 3.36. The van der Waals surface area contributed by atoms with Gasteiger partial charge in [-0.05, 0) is 37.6 Å². The Labute approximate surface area is 108 Å². The van der Waals surface area contributed by atoms with E-state index in [1.807, 2.05) is 0 Å². The topological polar surface area (TPSA) is 21.3 Å². The molecule has 19 heavy (non-hydrogen) atoms. The van der Waals surface area contributed by atoms with Crippen molar-refractivity contribution in [3.63, 3.8) is 0 Å². The molecule has 1 N–H and O–H groups in total. The average molecular weight is 277 g/mol. The lowest BCUT2D eigenvalue weighted by molar-refractivity contribution is -0.140. The first-order valence-electron chi connectivity index (χ1n) is 6.07. The van der Waals surface area contributed by atoms with Crippen molar-refractivity contribution in [1.82, 2.24) is 5.32 Å². The van der Waals surface area contributed by atoms with E-state index in [1.165, 1.54) is 6.07 Å². The Bertz CT molecular complexity index is 447. The maximum Gasteiger partial charge on any atom is 0.419 e. The maximum absolute atomic E-state index is 13.2. The first-order valence-corrected chi connectivity index (χ1v) is 6.07. The van der Waals surface area contributed by atoms with Gasteiger partial charge < -0.3 is 10.1 Å². The van der Waals surface area contributed by atoms with Gasteiger partial charge in [-0.2, -0.15) is 13.2 Å². The smallest absolute Gasteiger partial charge is 0.373 e. The highest BCUT2D eigenvalue weighted by Gasteiger charge is 2.35. The molecule has 2 rings (SSSR count). The second-order valence-electron chi connectivity index (χ2n) is 4.61. The van der Waals surface area contributed by atoms with Gasteiger partial charge in [0.05, 0.1) is 11.7 Å². The fourth-order valence-corrected chi connectivity index (χ4v) is 2.25. The molecule has 2 atom stereocenters. The Balaban J connectivity index is 2.25. The average Bonchev–Trinajstić information content (AvgIpc) is 2.38. The van der Waals surface area contributed by atoms with E-state index >= 15 is 0 Å². The third-order valence-electron chi connectivity index (χ3n) is 3.36. The van der Waals surface area contributed by atoms with Crippen LogP contribution in [0, 0.1) is 5.82 Å². The number of benzene rings is 1. The minimum absolute atomic E-state index is 0.207. The molecule has 106 valence electrons. The fourth-order valence-electron chi connectivity index (χ4n) is 2.25. The molecular formula is C13H15F4NO. The number of halogens is 4.